The molecule has 1 aromatic carbocycles. The van der Waals surface area contributed by atoms with Crippen molar-refractivity contribution >= 4 is 39.1 Å². The van der Waals surface area contributed by atoms with E-state index in [0.29, 0.717) is 40.8 Å². The summed E-state index contributed by atoms with van der Waals surface area (Å²) in [5.74, 6) is 0.960. The fraction of sp³-hybridized carbons (Fsp3) is 0.727. The number of hydrogen-bond donors (Lipinski definition) is 2. The number of piperidine rings is 2. The van der Waals surface area contributed by atoms with Gasteiger partial charge in [0.05, 0.1) is 11.0 Å². The average Bonchev–Trinajstić information content (AvgIpc) is 3.03. The summed E-state index contributed by atoms with van der Waals surface area (Å²) in [6.45, 7) is 2.72. The standard InChI is InChI=1S/C22H30BrCl2N3O/c23-15-10-17-20(26-12-15)19-16(11-18(24)27-22(19)25)28(17)21(13-4-2-1-3-5-13)14-6-8-29-9-7-14/h1-5,14-22,26-27H,6-12H2/t15?,16?,17?,18?,19?,20?,21-,22?/m1/s1. The van der Waals surface area contributed by atoms with Crippen LogP contribution >= 0.6 is 39.1 Å². The lowest BCUT2D eigenvalue weighted by molar-refractivity contribution is -0.00241. The SMILES string of the molecule is ClC1CC2C(C(Cl)N1)C1NCC(Br)CC1N2[C@H](c1ccccc1)C1CCOCC1. The van der Waals surface area contributed by atoms with Crippen LogP contribution in [-0.2, 0) is 4.74 Å². The zero-order chi connectivity index (χ0) is 20.0. The molecule has 160 valence electrons. The van der Waals surface area contributed by atoms with Gasteiger partial charge >= 0.3 is 0 Å². The van der Waals surface area contributed by atoms with Crippen molar-refractivity contribution in [1.82, 2.24) is 15.5 Å². The first-order valence-electron chi connectivity index (χ1n) is 10.9. The van der Waals surface area contributed by atoms with Gasteiger partial charge in [0.1, 0.15) is 0 Å². The lowest BCUT2D eigenvalue weighted by atomic mass is 9.84. The molecular formula is C22H30BrCl2N3O. The second kappa shape index (κ2) is 8.93. The van der Waals surface area contributed by atoms with Crippen LogP contribution in [0.5, 0.6) is 0 Å². The number of likely N-dealkylation sites (tertiary alicyclic amines) is 1. The molecule has 4 aliphatic heterocycles. The Morgan fingerprint density at radius 2 is 1.83 bits per heavy atom. The second-order valence-corrected chi connectivity index (χ2v) is 11.3. The number of nitrogens with zero attached hydrogens (tertiary/aromatic N) is 1. The van der Waals surface area contributed by atoms with Crippen LogP contribution in [0.25, 0.3) is 0 Å². The number of hydrogen-bond acceptors (Lipinski definition) is 4. The third kappa shape index (κ3) is 4.02. The fourth-order valence-corrected chi connectivity index (χ4v) is 7.71. The summed E-state index contributed by atoms with van der Waals surface area (Å²) in [7, 11) is 0. The molecule has 0 aromatic heterocycles. The van der Waals surface area contributed by atoms with E-state index in [2.05, 4.69) is 61.8 Å². The Kier molecular flexibility index (Phi) is 6.47. The number of nitrogens with one attached hydrogen (secondary N) is 2. The molecule has 7 unspecified atom stereocenters. The molecule has 1 aromatic rings. The van der Waals surface area contributed by atoms with E-state index in [1.54, 1.807) is 0 Å². The molecule has 0 radical (unpaired) electrons. The van der Waals surface area contributed by atoms with Crippen LogP contribution in [0.2, 0.25) is 0 Å². The number of benzene rings is 1. The maximum atomic E-state index is 6.88. The Morgan fingerprint density at radius 3 is 2.59 bits per heavy atom. The van der Waals surface area contributed by atoms with Gasteiger partial charge in [-0.05, 0) is 37.2 Å². The van der Waals surface area contributed by atoms with Gasteiger partial charge in [-0.25, -0.2) is 0 Å². The molecule has 5 rings (SSSR count). The first-order chi connectivity index (χ1) is 14.1. The van der Waals surface area contributed by atoms with Crippen molar-refractivity contribution < 1.29 is 4.74 Å². The van der Waals surface area contributed by atoms with E-state index in [0.717, 1.165) is 45.4 Å². The highest BCUT2D eigenvalue weighted by Crippen LogP contribution is 2.50. The van der Waals surface area contributed by atoms with Crippen LogP contribution in [-0.4, -0.2) is 58.6 Å². The van der Waals surface area contributed by atoms with Crippen molar-refractivity contribution in [2.75, 3.05) is 19.8 Å². The van der Waals surface area contributed by atoms with E-state index in [1.165, 1.54) is 5.56 Å². The topological polar surface area (TPSA) is 36.5 Å². The third-order valence-corrected chi connectivity index (χ3v) is 8.83. The predicted octanol–water partition coefficient (Wildman–Crippen LogP) is 4.07. The monoisotopic (exact) mass is 501 g/mol. The van der Waals surface area contributed by atoms with Crippen LogP contribution in [0.4, 0.5) is 0 Å². The zero-order valence-electron chi connectivity index (χ0n) is 16.5. The van der Waals surface area contributed by atoms with E-state index in [9.17, 15) is 0 Å². The van der Waals surface area contributed by atoms with Gasteiger partial charge in [-0.2, -0.15) is 0 Å². The Bertz CT molecular complexity index is 692. The number of fused-ring (bicyclic) bond motifs is 3. The molecule has 7 heteroatoms. The quantitative estimate of drug-likeness (QED) is 0.482. The minimum absolute atomic E-state index is 0.0766. The van der Waals surface area contributed by atoms with E-state index in [-0.39, 0.29) is 11.0 Å². The smallest absolute Gasteiger partial charge is 0.0895 e. The molecule has 8 atom stereocenters. The van der Waals surface area contributed by atoms with E-state index in [1.807, 2.05) is 0 Å². The summed E-state index contributed by atoms with van der Waals surface area (Å²) in [5.41, 5.74) is 1.25. The lowest BCUT2D eigenvalue weighted by Gasteiger charge is -2.46. The highest BCUT2D eigenvalue weighted by atomic mass is 79.9. The molecule has 0 aliphatic carbocycles. The van der Waals surface area contributed by atoms with Gasteiger partial charge in [-0.3, -0.25) is 10.2 Å². The Balaban J connectivity index is 1.56. The van der Waals surface area contributed by atoms with Gasteiger partial charge in [0.25, 0.3) is 0 Å². The minimum Gasteiger partial charge on any atom is -0.381 e. The van der Waals surface area contributed by atoms with Crippen LogP contribution in [0.15, 0.2) is 30.3 Å². The van der Waals surface area contributed by atoms with E-state index < -0.39 is 0 Å². The van der Waals surface area contributed by atoms with Crippen molar-refractivity contribution in [3.8, 4) is 0 Å². The Hall–Kier alpha value is 0.120. The Labute approximate surface area is 192 Å². The largest absolute Gasteiger partial charge is 0.381 e. The molecule has 4 saturated heterocycles. The summed E-state index contributed by atoms with van der Waals surface area (Å²) < 4.78 is 5.72. The number of ether oxygens (including phenoxy) is 1. The van der Waals surface area contributed by atoms with Gasteiger partial charge in [-0.1, -0.05) is 46.3 Å². The number of alkyl halides is 3. The third-order valence-electron chi connectivity index (χ3n) is 7.41. The average molecular weight is 503 g/mol. The van der Waals surface area contributed by atoms with E-state index in [4.69, 9.17) is 27.9 Å². The molecule has 4 fully saturated rings. The number of halogens is 3. The van der Waals surface area contributed by atoms with E-state index >= 15 is 0 Å². The molecule has 0 spiro atoms. The van der Waals surface area contributed by atoms with Gasteiger partial charge in [0.15, 0.2) is 0 Å². The first kappa shape index (κ1) is 21.0. The fourth-order valence-electron chi connectivity index (χ4n) is 6.28. The lowest BCUT2D eigenvalue weighted by Crippen LogP contribution is -2.56. The molecule has 29 heavy (non-hydrogen) atoms. The maximum absolute atomic E-state index is 6.88. The zero-order valence-corrected chi connectivity index (χ0v) is 19.6. The highest BCUT2D eigenvalue weighted by Gasteiger charge is 2.57. The van der Waals surface area contributed by atoms with Crippen molar-refractivity contribution in [3.05, 3.63) is 35.9 Å². The predicted molar refractivity (Wildman–Crippen MR) is 122 cm³/mol. The van der Waals surface area contributed by atoms with Crippen LogP contribution in [0.3, 0.4) is 0 Å². The Morgan fingerprint density at radius 1 is 1.07 bits per heavy atom. The van der Waals surface area contributed by atoms with Crippen molar-refractivity contribution in [2.45, 2.75) is 65.7 Å². The van der Waals surface area contributed by atoms with Gasteiger partial charge in [0.2, 0.25) is 0 Å². The minimum atomic E-state index is -0.0979. The second-order valence-electron chi connectivity index (χ2n) is 9.00. The summed E-state index contributed by atoms with van der Waals surface area (Å²) >= 11 is 17.4. The molecule has 4 heterocycles. The van der Waals surface area contributed by atoms with Crippen LogP contribution in [0.1, 0.15) is 37.3 Å². The summed E-state index contributed by atoms with van der Waals surface area (Å²) in [6.07, 6.45) is 4.31. The normalized spacial score (nSPS) is 42.2. The molecule has 0 amide bonds. The summed E-state index contributed by atoms with van der Waals surface area (Å²) in [4.78, 5) is 3.32. The summed E-state index contributed by atoms with van der Waals surface area (Å²) in [5, 5.41) is 7.24. The maximum Gasteiger partial charge on any atom is 0.0895 e. The van der Waals surface area contributed by atoms with Crippen molar-refractivity contribution in [1.29, 1.82) is 0 Å². The van der Waals surface area contributed by atoms with Crippen LogP contribution < -0.4 is 10.6 Å². The van der Waals surface area contributed by atoms with Gasteiger partial charge in [0, 0.05) is 54.7 Å². The summed E-state index contributed by atoms with van der Waals surface area (Å²) in [6, 6.07) is 12.7. The number of rotatable bonds is 3. The first-order valence-corrected chi connectivity index (χ1v) is 12.7. The van der Waals surface area contributed by atoms with Gasteiger partial charge < -0.3 is 10.1 Å². The van der Waals surface area contributed by atoms with Crippen molar-refractivity contribution in [2.24, 2.45) is 11.8 Å². The van der Waals surface area contributed by atoms with Crippen molar-refractivity contribution in [3.63, 3.8) is 0 Å². The molecule has 4 aliphatic rings. The molecule has 0 saturated carbocycles. The van der Waals surface area contributed by atoms with Gasteiger partial charge in [-0.15, -0.1) is 23.2 Å². The molecule has 0 bridgehead atoms. The molecule has 4 nitrogen and oxygen atoms in total. The van der Waals surface area contributed by atoms with Crippen LogP contribution in [0, 0.1) is 11.8 Å². The molecule has 2 N–H and O–H groups in total. The molecular weight excluding hydrogens is 473 g/mol. The highest BCUT2D eigenvalue weighted by molar-refractivity contribution is 9.09.